The molecule has 17 heteroatoms. The number of ether oxygens (including phenoxy) is 5. The van der Waals surface area contributed by atoms with Crippen molar-refractivity contribution >= 4 is 29.5 Å². The second-order valence-corrected chi connectivity index (χ2v) is 10.2. The average molecular weight is 701 g/mol. The van der Waals surface area contributed by atoms with Crippen LogP contribution >= 0.6 is 0 Å². The fourth-order valence-corrected chi connectivity index (χ4v) is 3.96. The molecule has 0 bridgehead atoms. The molecule has 0 unspecified atom stereocenters. The number of halogens is 4. The van der Waals surface area contributed by atoms with E-state index in [1.54, 1.807) is 18.3 Å². The zero-order chi connectivity index (χ0) is 35.9. The summed E-state index contributed by atoms with van der Waals surface area (Å²) in [5.74, 6) is -2.84. The predicted octanol–water partition coefficient (Wildman–Crippen LogP) is 4.70. The first-order chi connectivity index (χ1) is 23.7. The molecule has 6 N–H and O–H groups in total. The van der Waals surface area contributed by atoms with Gasteiger partial charge in [0.1, 0.15) is 5.75 Å². The molecule has 0 aliphatic carbocycles. The van der Waals surface area contributed by atoms with Crippen LogP contribution in [0.4, 0.5) is 28.0 Å². The molecular formula is C32H44F4N6O7. The van der Waals surface area contributed by atoms with Crippen molar-refractivity contribution in [2.45, 2.75) is 39.0 Å². The zero-order valence-electron chi connectivity index (χ0n) is 27.4. The summed E-state index contributed by atoms with van der Waals surface area (Å²) in [7, 11) is 0. The van der Waals surface area contributed by atoms with Crippen molar-refractivity contribution in [1.82, 2.24) is 5.32 Å². The van der Waals surface area contributed by atoms with Crippen molar-refractivity contribution in [3.8, 4) is 11.5 Å². The van der Waals surface area contributed by atoms with Gasteiger partial charge >= 0.3 is 6.03 Å². The summed E-state index contributed by atoms with van der Waals surface area (Å²) in [6, 6.07) is 5.84. The Hall–Kier alpha value is -4.32. The van der Waals surface area contributed by atoms with E-state index in [1.165, 1.54) is 19.1 Å². The van der Waals surface area contributed by atoms with Crippen LogP contribution in [0.25, 0.3) is 0 Å². The third kappa shape index (κ3) is 16.1. The maximum absolute atomic E-state index is 14.2. The Balaban J connectivity index is 1.39. The molecule has 272 valence electrons. The highest BCUT2D eigenvalue weighted by molar-refractivity contribution is 6.30. The van der Waals surface area contributed by atoms with Crippen LogP contribution in [0, 0.1) is 28.7 Å². The topological polar surface area (TPSA) is 182 Å². The van der Waals surface area contributed by atoms with Crippen LogP contribution in [0.1, 0.15) is 38.2 Å². The Kier molecular flexibility index (Phi) is 19.9. The van der Waals surface area contributed by atoms with Crippen molar-refractivity contribution in [3.05, 3.63) is 53.1 Å². The third-order valence-electron chi connectivity index (χ3n) is 6.52. The minimum atomic E-state index is -1.85. The number of nitrogens with zero attached hydrogens (tertiary/aromatic N) is 2. The molecule has 0 radical (unpaired) electrons. The van der Waals surface area contributed by atoms with Crippen LogP contribution < -0.4 is 21.2 Å². The van der Waals surface area contributed by atoms with E-state index in [1.807, 2.05) is 0 Å². The van der Waals surface area contributed by atoms with Gasteiger partial charge in [0.25, 0.3) is 0 Å². The standard InChI is InChI=1S/C32H44F4N6O7/c1-2-25-27(33)29(35)30(36)31(28(25)34)49-26(37)10-13-45-15-17-47-19-20-48-18-16-46-14-12-39-21-23(42-38)5-3-4-11-40-32(44)41-22-6-8-24(43)9-7-22/h6-9,21,37,43H,2-5,10-20,38H2,1H3,(H2,40,41,44)/b37-26?,39-21?,42-23-. The van der Waals surface area contributed by atoms with E-state index in [2.05, 4.69) is 20.7 Å². The summed E-state index contributed by atoms with van der Waals surface area (Å²) < 4.78 is 81.8. The number of nitrogens with one attached hydrogen (secondary N) is 3. The molecule has 0 saturated heterocycles. The highest BCUT2D eigenvalue weighted by Gasteiger charge is 2.26. The van der Waals surface area contributed by atoms with Crippen molar-refractivity contribution in [2.75, 3.05) is 71.3 Å². The second-order valence-electron chi connectivity index (χ2n) is 10.2. The SMILES string of the molecule is CCc1c(F)c(F)c(F)c(OC(=N)CCOCCOCCOCCOCCN=C/C(CCCCNC(=O)Nc2ccc(O)cc2)=N\N)c1F. The van der Waals surface area contributed by atoms with Crippen LogP contribution in [0.5, 0.6) is 11.5 Å². The number of carbonyl (C=O) groups excluding carboxylic acids is 1. The number of phenols is 1. The fraction of sp³-hybridized carbons (Fsp3) is 0.500. The van der Waals surface area contributed by atoms with Gasteiger partial charge in [0.05, 0.1) is 65.1 Å². The molecule has 0 aliphatic rings. The fourth-order valence-electron chi connectivity index (χ4n) is 3.96. The maximum Gasteiger partial charge on any atom is 0.319 e. The highest BCUT2D eigenvalue weighted by atomic mass is 19.2. The summed E-state index contributed by atoms with van der Waals surface area (Å²) >= 11 is 0. The molecule has 0 spiro atoms. The summed E-state index contributed by atoms with van der Waals surface area (Å²) in [6.45, 7) is 4.44. The first-order valence-electron chi connectivity index (χ1n) is 15.7. The van der Waals surface area contributed by atoms with Gasteiger partial charge in [-0.3, -0.25) is 10.4 Å². The summed E-state index contributed by atoms with van der Waals surface area (Å²) in [4.78, 5) is 16.1. The number of carbonyl (C=O) groups is 1. The van der Waals surface area contributed by atoms with E-state index in [4.69, 9.17) is 34.9 Å². The largest absolute Gasteiger partial charge is 0.508 e. The Morgan fingerprint density at radius 3 is 2.08 bits per heavy atom. The van der Waals surface area contributed by atoms with Crippen LogP contribution in [-0.4, -0.2) is 94.9 Å². The minimum Gasteiger partial charge on any atom is -0.508 e. The van der Waals surface area contributed by atoms with Gasteiger partial charge in [0, 0.05) is 30.4 Å². The molecule has 0 atom stereocenters. The van der Waals surface area contributed by atoms with Crippen LogP contribution in [0.2, 0.25) is 0 Å². The average Bonchev–Trinajstić information content (AvgIpc) is 3.09. The maximum atomic E-state index is 14.2. The molecule has 0 aromatic heterocycles. The molecule has 2 rings (SSSR count). The number of nitrogens with two attached hydrogens (primary N) is 1. The number of anilines is 1. The van der Waals surface area contributed by atoms with Crippen molar-refractivity contribution < 1.29 is 51.1 Å². The van der Waals surface area contributed by atoms with E-state index < -0.39 is 40.5 Å². The molecule has 2 amide bonds. The minimum absolute atomic E-state index is 0.0163. The Morgan fingerprint density at radius 1 is 0.857 bits per heavy atom. The lowest BCUT2D eigenvalue weighted by atomic mass is 10.1. The first-order valence-corrected chi connectivity index (χ1v) is 15.7. The molecule has 0 saturated carbocycles. The zero-order valence-corrected chi connectivity index (χ0v) is 27.4. The van der Waals surface area contributed by atoms with Crippen molar-refractivity contribution in [3.63, 3.8) is 0 Å². The monoisotopic (exact) mass is 700 g/mol. The molecule has 0 heterocycles. The van der Waals surface area contributed by atoms with Crippen molar-refractivity contribution in [2.24, 2.45) is 15.9 Å². The van der Waals surface area contributed by atoms with Crippen LogP contribution in [0.15, 0.2) is 34.4 Å². The number of amides is 2. The quantitative estimate of drug-likeness (QED) is 0.0120. The Morgan fingerprint density at radius 2 is 1.47 bits per heavy atom. The molecule has 2 aromatic rings. The molecule has 0 fully saturated rings. The van der Waals surface area contributed by atoms with Crippen molar-refractivity contribution in [1.29, 1.82) is 5.41 Å². The van der Waals surface area contributed by atoms with Gasteiger partial charge in [-0.1, -0.05) is 6.92 Å². The lowest BCUT2D eigenvalue weighted by Crippen LogP contribution is -2.29. The number of aromatic hydroxyl groups is 1. The van der Waals surface area contributed by atoms with Gasteiger partial charge in [0.2, 0.25) is 11.6 Å². The summed E-state index contributed by atoms with van der Waals surface area (Å²) in [6.07, 6.45) is 3.31. The molecule has 49 heavy (non-hydrogen) atoms. The summed E-state index contributed by atoms with van der Waals surface area (Å²) in [5, 5.41) is 26.1. The molecule has 2 aromatic carbocycles. The number of unbranched alkanes of at least 4 members (excludes halogenated alkanes) is 1. The van der Waals surface area contributed by atoms with Crippen LogP contribution in [0.3, 0.4) is 0 Å². The first kappa shape index (κ1) is 40.9. The Bertz CT molecular complexity index is 1370. The van der Waals surface area contributed by atoms with Gasteiger partial charge < -0.3 is 45.3 Å². The lowest BCUT2D eigenvalue weighted by molar-refractivity contribution is -0.000408. The number of urea groups is 1. The van der Waals surface area contributed by atoms with Gasteiger partial charge in [-0.2, -0.15) is 9.49 Å². The highest BCUT2D eigenvalue weighted by Crippen LogP contribution is 2.30. The summed E-state index contributed by atoms with van der Waals surface area (Å²) in [5.41, 5.74) is 0.552. The molecular weight excluding hydrogens is 656 g/mol. The van der Waals surface area contributed by atoms with E-state index in [9.17, 15) is 27.5 Å². The van der Waals surface area contributed by atoms with E-state index >= 15 is 0 Å². The smallest absolute Gasteiger partial charge is 0.319 e. The number of benzene rings is 2. The van der Waals surface area contributed by atoms with E-state index in [0.29, 0.717) is 63.9 Å². The van der Waals surface area contributed by atoms with Gasteiger partial charge in [-0.15, -0.1) is 0 Å². The number of hydrogen-bond donors (Lipinski definition) is 5. The van der Waals surface area contributed by atoms with Gasteiger partial charge in [-0.25, -0.2) is 18.0 Å². The predicted molar refractivity (Wildman–Crippen MR) is 176 cm³/mol. The normalized spacial score (nSPS) is 11.7. The van der Waals surface area contributed by atoms with Gasteiger partial charge in [-0.05, 0) is 49.9 Å². The lowest BCUT2D eigenvalue weighted by Gasteiger charge is -2.13. The van der Waals surface area contributed by atoms with Crippen LogP contribution in [-0.2, 0) is 25.4 Å². The number of rotatable bonds is 24. The number of hydrazone groups is 1. The van der Waals surface area contributed by atoms with E-state index in [0.717, 1.165) is 12.8 Å². The second kappa shape index (κ2) is 23.9. The van der Waals surface area contributed by atoms with Gasteiger partial charge in [0.15, 0.2) is 23.3 Å². The third-order valence-corrected chi connectivity index (χ3v) is 6.52. The molecule has 13 nitrogen and oxygen atoms in total. The Labute approximate surface area is 282 Å². The number of aliphatic imine (C=N–C) groups is 1. The number of phenolic OH excluding ortho intramolecular Hbond substituents is 1. The van der Waals surface area contributed by atoms with E-state index in [-0.39, 0.29) is 44.4 Å². The molecule has 0 aliphatic heterocycles. The number of hydrogen-bond acceptors (Lipinski definition) is 11.